The normalized spacial score (nSPS) is 20.8. The van der Waals surface area contributed by atoms with Gasteiger partial charge in [-0.2, -0.15) is 0 Å². The van der Waals surface area contributed by atoms with Crippen LogP contribution < -0.4 is 0 Å². The van der Waals surface area contributed by atoms with Crippen molar-refractivity contribution in [2.24, 2.45) is 11.8 Å². The molecule has 1 N–H and O–H groups in total. The molecule has 1 aromatic heterocycles. The van der Waals surface area contributed by atoms with Crippen molar-refractivity contribution < 1.29 is 19.1 Å². The molecule has 24 heavy (non-hydrogen) atoms. The molecule has 1 aliphatic rings. The summed E-state index contributed by atoms with van der Waals surface area (Å²) in [4.78, 5) is 30.0. The summed E-state index contributed by atoms with van der Waals surface area (Å²) < 4.78 is 5.70. The number of benzene rings is 1. The van der Waals surface area contributed by atoms with E-state index in [0.717, 1.165) is 5.56 Å². The third-order valence-corrected chi connectivity index (χ3v) is 4.31. The zero-order chi connectivity index (χ0) is 17.3. The third-order valence-electron chi connectivity index (χ3n) is 4.31. The predicted molar refractivity (Wildman–Crippen MR) is 87.5 cm³/mol. The fourth-order valence-corrected chi connectivity index (χ4v) is 3.14. The number of carbonyl (C=O) groups is 2. The Morgan fingerprint density at radius 3 is 2.62 bits per heavy atom. The van der Waals surface area contributed by atoms with Crippen LogP contribution in [-0.4, -0.2) is 40.0 Å². The van der Waals surface area contributed by atoms with Gasteiger partial charge in [0.25, 0.3) is 5.91 Å². The number of carboxylic acids is 1. The molecule has 2 atom stereocenters. The van der Waals surface area contributed by atoms with Crippen LogP contribution in [0.4, 0.5) is 0 Å². The van der Waals surface area contributed by atoms with Gasteiger partial charge in [0.05, 0.1) is 11.6 Å². The number of aliphatic carboxylic acids is 1. The second kappa shape index (κ2) is 6.47. The lowest BCUT2D eigenvalue weighted by Gasteiger charge is -2.34. The molecule has 0 bridgehead atoms. The van der Waals surface area contributed by atoms with Crippen molar-refractivity contribution in [3.8, 4) is 11.5 Å². The topological polar surface area (TPSA) is 83.6 Å². The van der Waals surface area contributed by atoms with Crippen molar-refractivity contribution in [1.82, 2.24) is 9.88 Å². The summed E-state index contributed by atoms with van der Waals surface area (Å²) in [6, 6.07) is 9.37. The zero-order valence-corrected chi connectivity index (χ0v) is 13.7. The van der Waals surface area contributed by atoms with Crippen LogP contribution in [0.3, 0.4) is 0 Å². The highest BCUT2D eigenvalue weighted by Crippen LogP contribution is 2.26. The average molecular weight is 328 g/mol. The molecular formula is C18H20N2O4. The number of nitrogens with zero attached hydrogens (tertiary/aromatic N) is 2. The van der Waals surface area contributed by atoms with E-state index in [1.165, 1.54) is 0 Å². The van der Waals surface area contributed by atoms with Gasteiger partial charge in [0.1, 0.15) is 0 Å². The molecule has 1 saturated heterocycles. The number of aromatic nitrogens is 1. The van der Waals surface area contributed by atoms with Gasteiger partial charge in [0.15, 0.2) is 0 Å². The summed E-state index contributed by atoms with van der Waals surface area (Å²) in [5.74, 6) is -0.961. The molecule has 6 nitrogen and oxygen atoms in total. The molecule has 126 valence electrons. The number of aryl methyl sites for hydroxylation is 1. The number of likely N-dealkylation sites (tertiary alicyclic amines) is 1. The minimum Gasteiger partial charge on any atom is -0.481 e. The van der Waals surface area contributed by atoms with Crippen LogP contribution in [0.2, 0.25) is 0 Å². The van der Waals surface area contributed by atoms with Crippen molar-refractivity contribution in [3.05, 3.63) is 41.8 Å². The van der Waals surface area contributed by atoms with Gasteiger partial charge >= 0.3 is 5.97 Å². The minimum atomic E-state index is -0.862. The van der Waals surface area contributed by atoms with E-state index in [1.54, 1.807) is 11.8 Å². The van der Waals surface area contributed by atoms with Gasteiger partial charge in [-0.25, -0.2) is 4.98 Å². The highest BCUT2D eigenvalue weighted by molar-refractivity contribution is 5.93. The lowest BCUT2D eigenvalue weighted by atomic mass is 9.90. The van der Waals surface area contributed by atoms with Crippen LogP contribution in [-0.2, 0) is 4.79 Å². The zero-order valence-electron chi connectivity index (χ0n) is 13.7. The van der Waals surface area contributed by atoms with Crippen molar-refractivity contribution in [1.29, 1.82) is 0 Å². The second-order valence-corrected chi connectivity index (χ2v) is 6.39. The van der Waals surface area contributed by atoms with Gasteiger partial charge in [-0.1, -0.05) is 25.1 Å². The number of piperidine rings is 1. The van der Waals surface area contributed by atoms with Crippen molar-refractivity contribution >= 4 is 11.9 Å². The molecular weight excluding hydrogens is 308 g/mol. The van der Waals surface area contributed by atoms with Gasteiger partial charge in [-0.15, -0.1) is 0 Å². The van der Waals surface area contributed by atoms with Gasteiger partial charge < -0.3 is 14.4 Å². The number of hydrogen-bond acceptors (Lipinski definition) is 4. The maximum absolute atomic E-state index is 12.8. The van der Waals surface area contributed by atoms with Gasteiger partial charge in [0.2, 0.25) is 11.7 Å². The molecule has 6 heteroatoms. The molecule has 3 rings (SSSR count). The first-order valence-electron chi connectivity index (χ1n) is 8.00. The minimum absolute atomic E-state index is 0.139. The summed E-state index contributed by atoms with van der Waals surface area (Å²) in [5, 5.41) is 9.26. The molecule has 2 unspecified atom stereocenters. The Bertz CT molecular complexity index is 754. The van der Waals surface area contributed by atoms with E-state index < -0.39 is 11.9 Å². The average Bonchev–Trinajstić information content (AvgIpc) is 2.96. The Morgan fingerprint density at radius 2 is 1.96 bits per heavy atom. The van der Waals surface area contributed by atoms with Crippen LogP contribution in [0.25, 0.3) is 11.5 Å². The van der Waals surface area contributed by atoms with E-state index in [0.29, 0.717) is 24.6 Å². The Balaban J connectivity index is 1.85. The number of oxazole rings is 1. The Hall–Kier alpha value is -2.63. The van der Waals surface area contributed by atoms with E-state index in [9.17, 15) is 14.7 Å². The van der Waals surface area contributed by atoms with Gasteiger partial charge in [-0.05, 0) is 31.4 Å². The molecule has 0 spiro atoms. The monoisotopic (exact) mass is 328 g/mol. The summed E-state index contributed by atoms with van der Waals surface area (Å²) in [5.41, 5.74) is 1.32. The molecule has 2 heterocycles. The molecule has 1 aliphatic heterocycles. The number of carbonyl (C=O) groups excluding carboxylic acids is 1. The van der Waals surface area contributed by atoms with E-state index in [2.05, 4.69) is 4.98 Å². The van der Waals surface area contributed by atoms with Gasteiger partial charge in [0, 0.05) is 18.7 Å². The summed E-state index contributed by atoms with van der Waals surface area (Å²) in [6.45, 7) is 4.42. The Morgan fingerprint density at radius 1 is 1.25 bits per heavy atom. The van der Waals surface area contributed by atoms with Crippen LogP contribution >= 0.6 is 0 Å². The predicted octanol–water partition coefficient (Wildman–Crippen LogP) is 2.83. The van der Waals surface area contributed by atoms with Crippen LogP contribution in [0.1, 0.15) is 29.6 Å². The molecule has 2 aromatic rings. The van der Waals surface area contributed by atoms with Crippen LogP contribution in [0.15, 0.2) is 34.7 Å². The molecule has 1 amide bonds. The summed E-state index contributed by atoms with van der Waals surface area (Å²) in [6.07, 6.45) is 0.587. The van der Waals surface area contributed by atoms with E-state index in [4.69, 9.17) is 4.42 Å². The Labute approximate surface area is 140 Å². The number of carboxylic acid groups (broad SMARTS) is 1. The maximum Gasteiger partial charge on any atom is 0.308 e. The lowest BCUT2D eigenvalue weighted by molar-refractivity contribution is -0.143. The van der Waals surface area contributed by atoms with E-state index in [-0.39, 0.29) is 24.1 Å². The first kappa shape index (κ1) is 16.2. The highest BCUT2D eigenvalue weighted by atomic mass is 16.4. The largest absolute Gasteiger partial charge is 0.481 e. The quantitative estimate of drug-likeness (QED) is 0.936. The van der Waals surface area contributed by atoms with Crippen molar-refractivity contribution in [2.75, 3.05) is 13.1 Å². The van der Waals surface area contributed by atoms with Gasteiger partial charge in [-0.3, -0.25) is 9.59 Å². The van der Waals surface area contributed by atoms with Crippen molar-refractivity contribution in [3.63, 3.8) is 0 Å². The molecule has 0 saturated carbocycles. The number of hydrogen-bond donors (Lipinski definition) is 1. The van der Waals surface area contributed by atoms with Crippen LogP contribution in [0.5, 0.6) is 0 Å². The fourth-order valence-electron chi connectivity index (χ4n) is 3.14. The maximum atomic E-state index is 12.8. The summed E-state index contributed by atoms with van der Waals surface area (Å²) >= 11 is 0. The standard InChI is InChI=1S/C18H20N2O4/c1-11-8-14(18(22)23)10-20(9-11)17(21)15-12(2)19-16(24-15)13-6-4-3-5-7-13/h3-7,11,14H,8-10H2,1-2H3,(H,22,23). The Kier molecular flexibility index (Phi) is 4.38. The smallest absolute Gasteiger partial charge is 0.308 e. The third kappa shape index (κ3) is 3.18. The number of amides is 1. The molecule has 1 aromatic carbocycles. The molecule has 0 radical (unpaired) electrons. The SMILES string of the molecule is Cc1nc(-c2ccccc2)oc1C(=O)N1CC(C)CC(C(=O)O)C1. The van der Waals surface area contributed by atoms with E-state index in [1.807, 2.05) is 37.3 Å². The second-order valence-electron chi connectivity index (χ2n) is 6.39. The van der Waals surface area contributed by atoms with Crippen molar-refractivity contribution in [2.45, 2.75) is 20.3 Å². The summed E-state index contributed by atoms with van der Waals surface area (Å²) in [7, 11) is 0. The first-order valence-corrected chi connectivity index (χ1v) is 8.00. The van der Waals surface area contributed by atoms with E-state index >= 15 is 0 Å². The first-order chi connectivity index (χ1) is 11.5. The highest BCUT2D eigenvalue weighted by Gasteiger charge is 2.34. The fraction of sp³-hybridized carbons (Fsp3) is 0.389. The molecule has 1 fully saturated rings. The van der Waals surface area contributed by atoms with Crippen LogP contribution in [0, 0.1) is 18.8 Å². The number of rotatable bonds is 3. The lowest BCUT2D eigenvalue weighted by Crippen LogP contribution is -2.45. The molecule has 0 aliphatic carbocycles.